The Morgan fingerprint density at radius 1 is 0.900 bits per heavy atom. The molecule has 0 radical (unpaired) electrons. The van der Waals surface area contributed by atoms with Crippen molar-refractivity contribution in [3.8, 4) is 5.75 Å². The summed E-state index contributed by atoms with van der Waals surface area (Å²) in [5, 5.41) is 0. The Hall–Kier alpha value is -3.38. The first-order chi connectivity index (χ1) is 14.6. The fourth-order valence-electron chi connectivity index (χ4n) is 3.60. The Balaban J connectivity index is 1.66. The van der Waals surface area contributed by atoms with Gasteiger partial charge in [-0.15, -0.1) is 0 Å². The molecule has 4 aromatic rings. The second-order valence-corrected chi connectivity index (χ2v) is 7.70. The fourth-order valence-corrected chi connectivity index (χ4v) is 3.60. The fraction of sp³-hybridized carbons (Fsp3) is 0.250. The summed E-state index contributed by atoms with van der Waals surface area (Å²) in [7, 11) is 5.82. The molecule has 1 N–H and O–H groups in total. The maximum atomic E-state index is 5.42. The maximum Gasteiger partial charge on any atom is 0.119 e. The molecule has 0 amide bonds. The van der Waals surface area contributed by atoms with Crippen LogP contribution in [0.4, 0.5) is 5.69 Å². The highest BCUT2D eigenvalue weighted by Crippen LogP contribution is 2.24. The molecule has 2 aromatic heterocycles. The molecule has 2 aromatic carbocycles. The molecule has 4 rings (SSSR count). The molecule has 0 fully saturated rings. The van der Waals surface area contributed by atoms with Crippen molar-refractivity contribution in [2.45, 2.75) is 19.6 Å². The minimum atomic E-state index is 0.767. The molecule has 2 heterocycles. The zero-order valence-electron chi connectivity index (χ0n) is 17.7. The van der Waals surface area contributed by atoms with Crippen LogP contribution in [0.1, 0.15) is 16.8 Å². The van der Waals surface area contributed by atoms with E-state index in [1.54, 1.807) is 13.4 Å². The summed E-state index contributed by atoms with van der Waals surface area (Å²) in [4.78, 5) is 16.6. The summed E-state index contributed by atoms with van der Waals surface area (Å²) >= 11 is 0. The SMILES string of the molecule is COc1cccc(CN(Cc2ccc3nc[nH]c3c2)c2ccnc(CN(C)C)c2)c1. The Morgan fingerprint density at radius 3 is 2.53 bits per heavy atom. The van der Waals surface area contributed by atoms with E-state index in [1.165, 1.54) is 11.1 Å². The third-order valence-corrected chi connectivity index (χ3v) is 5.01. The number of methoxy groups -OCH3 is 1. The van der Waals surface area contributed by atoms with Crippen LogP contribution in [-0.2, 0) is 19.6 Å². The minimum Gasteiger partial charge on any atom is -0.497 e. The number of anilines is 1. The van der Waals surface area contributed by atoms with Crippen molar-refractivity contribution in [2.24, 2.45) is 0 Å². The number of hydrogen-bond acceptors (Lipinski definition) is 5. The lowest BCUT2D eigenvalue weighted by Crippen LogP contribution is -2.23. The van der Waals surface area contributed by atoms with Gasteiger partial charge in [0.1, 0.15) is 5.75 Å². The lowest BCUT2D eigenvalue weighted by molar-refractivity contribution is 0.397. The number of aromatic amines is 1. The topological polar surface area (TPSA) is 57.3 Å². The van der Waals surface area contributed by atoms with Crippen LogP contribution in [0.3, 0.4) is 0 Å². The number of H-pyrrole nitrogens is 1. The van der Waals surface area contributed by atoms with Crippen LogP contribution >= 0.6 is 0 Å². The molecule has 154 valence electrons. The molecule has 0 aliphatic rings. The van der Waals surface area contributed by atoms with Gasteiger partial charge >= 0.3 is 0 Å². The van der Waals surface area contributed by atoms with Crippen LogP contribution in [0.5, 0.6) is 5.75 Å². The number of imidazole rings is 1. The van der Waals surface area contributed by atoms with E-state index >= 15 is 0 Å². The molecule has 0 spiro atoms. The van der Waals surface area contributed by atoms with Gasteiger partial charge in [-0.1, -0.05) is 18.2 Å². The van der Waals surface area contributed by atoms with Crippen molar-refractivity contribution in [1.29, 1.82) is 0 Å². The number of aromatic nitrogens is 3. The van der Waals surface area contributed by atoms with E-state index < -0.39 is 0 Å². The first kappa shape index (κ1) is 19.9. The largest absolute Gasteiger partial charge is 0.497 e. The number of ether oxygens (including phenoxy) is 1. The highest BCUT2D eigenvalue weighted by atomic mass is 16.5. The van der Waals surface area contributed by atoms with Gasteiger partial charge in [-0.3, -0.25) is 4.98 Å². The van der Waals surface area contributed by atoms with E-state index in [0.717, 1.165) is 47.8 Å². The van der Waals surface area contributed by atoms with E-state index in [9.17, 15) is 0 Å². The van der Waals surface area contributed by atoms with Gasteiger partial charge in [-0.2, -0.15) is 0 Å². The zero-order chi connectivity index (χ0) is 20.9. The maximum absolute atomic E-state index is 5.42. The lowest BCUT2D eigenvalue weighted by atomic mass is 10.1. The molecule has 0 aliphatic heterocycles. The molecule has 6 heteroatoms. The summed E-state index contributed by atoms with van der Waals surface area (Å²) in [6.45, 7) is 2.35. The Morgan fingerprint density at radius 2 is 1.73 bits per heavy atom. The predicted molar refractivity (Wildman–Crippen MR) is 121 cm³/mol. The summed E-state index contributed by atoms with van der Waals surface area (Å²) in [5.41, 5.74) is 6.65. The van der Waals surface area contributed by atoms with Crippen LogP contribution in [0.25, 0.3) is 11.0 Å². The van der Waals surface area contributed by atoms with Crippen molar-refractivity contribution in [3.05, 3.63) is 83.9 Å². The van der Waals surface area contributed by atoms with Crippen molar-refractivity contribution >= 4 is 16.7 Å². The number of nitrogens with zero attached hydrogens (tertiary/aromatic N) is 4. The van der Waals surface area contributed by atoms with Gasteiger partial charge in [0, 0.05) is 31.5 Å². The molecule has 0 atom stereocenters. The van der Waals surface area contributed by atoms with Crippen LogP contribution < -0.4 is 9.64 Å². The Bertz CT molecular complexity index is 1120. The summed E-state index contributed by atoms with van der Waals surface area (Å²) < 4.78 is 5.42. The number of pyridine rings is 1. The van der Waals surface area contributed by atoms with E-state index in [4.69, 9.17) is 4.74 Å². The standard InChI is InChI=1S/C24H27N5O/c1-28(2)16-20-13-21(9-10-25-20)29(14-18-5-4-6-22(11-18)30-3)15-19-7-8-23-24(12-19)27-17-26-23/h4-13,17H,14-16H2,1-3H3,(H,26,27). The third-order valence-electron chi connectivity index (χ3n) is 5.01. The highest BCUT2D eigenvalue weighted by molar-refractivity contribution is 5.75. The Kier molecular flexibility index (Phi) is 5.95. The van der Waals surface area contributed by atoms with Crippen LogP contribution in [-0.4, -0.2) is 41.1 Å². The molecule has 0 saturated carbocycles. The van der Waals surface area contributed by atoms with E-state index in [-0.39, 0.29) is 0 Å². The smallest absolute Gasteiger partial charge is 0.119 e. The monoisotopic (exact) mass is 401 g/mol. The first-order valence-corrected chi connectivity index (χ1v) is 10.0. The first-order valence-electron chi connectivity index (χ1n) is 10.0. The average molecular weight is 402 g/mol. The quantitative estimate of drug-likeness (QED) is 0.479. The minimum absolute atomic E-state index is 0.767. The van der Waals surface area contributed by atoms with Gasteiger partial charge in [0.05, 0.1) is 30.2 Å². The molecule has 6 nitrogen and oxygen atoms in total. The predicted octanol–water partition coefficient (Wildman–Crippen LogP) is 4.23. The highest BCUT2D eigenvalue weighted by Gasteiger charge is 2.12. The van der Waals surface area contributed by atoms with E-state index in [2.05, 4.69) is 81.3 Å². The summed E-state index contributed by atoms with van der Waals surface area (Å²) in [6, 6.07) is 18.9. The van der Waals surface area contributed by atoms with Gasteiger partial charge < -0.3 is 19.5 Å². The van der Waals surface area contributed by atoms with Gasteiger partial charge in [0.2, 0.25) is 0 Å². The Labute approximate surface area is 177 Å². The van der Waals surface area contributed by atoms with Crippen molar-refractivity contribution < 1.29 is 4.74 Å². The van der Waals surface area contributed by atoms with Crippen molar-refractivity contribution in [1.82, 2.24) is 19.9 Å². The second kappa shape index (κ2) is 8.97. The molecule has 30 heavy (non-hydrogen) atoms. The second-order valence-electron chi connectivity index (χ2n) is 7.70. The lowest BCUT2D eigenvalue weighted by Gasteiger charge is -2.26. The molecule has 0 aliphatic carbocycles. The van der Waals surface area contributed by atoms with Crippen LogP contribution in [0, 0.1) is 0 Å². The van der Waals surface area contributed by atoms with E-state index in [1.807, 2.05) is 18.3 Å². The number of fused-ring (bicyclic) bond motifs is 1. The van der Waals surface area contributed by atoms with Crippen LogP contribution in [0.2, 0.25) is 0 Å². The summed E-state index contributed by atoms with van der Waals surface area (Å²) in [5.74, 6) is 0.870. The van der Waals surface area contributed by atoms with Gasteiger partial charge in [-0.05, 0) is 61.6 Å². The number of nitrogens with one attached hydrogen (secondary N) is 1. The van der Waals surface area contributed by atoms with E-state index in [0.29, 0.717) is 0 Å². The summed E-state index contributed by atoms with van der Waals surface area (Å²) in [6.07, 6.45) is 3.63. The molecule has 0 saturated heterocycles. The van der Waals surface area contributed by atoms with Gasteiger partial charge in [0.15, 0.2) is 0 Å². The van der Waals surface area contributed by atoms with Crippen molar-refractivity contribution in [2.75, 3.05) is 26.1 Å². The molecule has 0 bridgehead atoms. The average Bonchev–Trinajstić information content (AvgIpc) is 3.21. The number of benzene rings is 2. The molecular weight excluding hydrogens is 374 g/mol. The molecule has 0 unspecified atom stereocenters. The van der Waals surface area contributed by atoms with Gasteiger partial charge in [-0.25, -0.2) is 4.98 Å². The number of hydrogen-bond donors (Lipinski definition) is 1. The van der Waals surface area contributed by atoms with Gasteiger partial charge in [0.25, 0.3) is 0 Å². The van der Waals surface area contributed by atoms with Crippen LogP contribution in [0.15, 0.2) is 67.1 Å². The normalized spacial score (nSPS) is 11.2. The van der Waals surface area contributed by atoms with Crippen molar-refractivity contribution in [3.63, 3.8) is 0 Å². The number of rotatable bonds is 8. The third kappa shape index (κ3) is 4.78. The molecular formula is C24H27N5O. The zero-order valence-corrected chi connectivity index (χ0v) is 17.7.